The third kappa shape index (κ3) is 2.34. The lowest BCUT2D eigenvalue weighted by atomic mass is 9.98. The second-order valence-electron chi connectivity index (χ2n) is 3.93. The smallest absolute Gasteiger partial charge is 0.187 e. The van der Waals surface area contributed by atoms with Gasteiger partial charge in [0.15, 0.2) is 5.16 Å². The maximum atomic E-state index is 9.30. The van der Waals surface area contributed by atoms with Gasteiger partial charge in [-0.05, 0) is 31.9 Å². The normalized spacial score (nSPS) is 18.8. The first-order valence-electron chi connectivity index (χ1n) is 5.31. The molecule has 0 saturated heterocycles. The summed E-state index contributed by atoms with van der Waals surface area (Å²) in [6.07, 6.45) is 5.73. The Morgan fingerprint density at radius 1 is 1.56 bits per heavy atom. The predicted octanol–water partition coefficient (Wildman–Crippen LogP) is 1.46. The molecular weight excluding hydrogens is 220 g/mol. The Morgan fingerprint density at radius 3 is 2.75 bits per heavy atom. The summed E-state index contributed by atoms with van der Waals surface area (Å²) in [6.45, 7) is 0. The summed E-state index contributed by atoms with van der Waals surface area (Å²) in [5, 5.41) is 13.2. The minimum atomic E-state index is -0.413. The fourth-order valence-corrected chi connectivity index (χ4v) is 2.76. The highest BCUT2D eigenvalue weighted by Crippen LogP contribution is 2.41. The van der Waals surface area contributed by atoms with E-state index in [9.17, 15) is 5.26 Å². The van der Waals surface area contributed by atoms with Crippen molar-refractivity contribution in [3.63, 3.8) is 0 Å². The second kappa shape index (κ2) is 4.81. The zero-order chi connectivity index (χ0) is 11.4. The number of nitriles is 1. The molecule has 16 heavy (non-hydrogen) atoms. The number of hydrogen-bond donors (Lipinski definition) is 1. The van der Waals surface area contributed by atoms with Crippen LogP contribution in [0, 0.1) is 17.2 Å². The number of aromatic nitrogens is 2. The van der Waals surface area contributed by atoms with Crippen LogP contribution in [0.3, 0.4) is 0 Å². The fraction of sp³-hybridized carbons (Fsp3) is 0.545. The largest absolute Gasteiger partial charge is 0.302 e. The standard InChI is InChI=1S/C11H14N4S/c1-13-11(7-12,9-3-4-9)8-16-10-14-5-2-6-15-10/h2,5-6,9,13H,3-4,8H2,1H3. The van der Waals surface area contributed by atoms with E-state index >= 15 is 0 Å². The van der Waals surface area contributed by atoms with Gasteiger partial charge in [0, 0.05) is 18.1 Å². The van der Waals surface area contributed by atoms with Crippen LogP contribution in [0.1, 0.15) is 12.8 Å². The molecule has 0 bridgehead atoms. The highest BCUT2D eigenvalue weighted by molar-refractivity contribution is 7.99. The second-order valence-corrected chi connectivity index (χ2v) is 4.87. The monoisotopic (exact) mass is 234 g/mol. The Bertz CT molecular complexity index is 385. The molecule has 1 aromatic heterocycles. The molecule has 1 aromatic rings. The van der Waals surface area contributed by atoms with Crippen molar-refractivity contribution in [2.45, 2.75) is 23.5 Å². The van der Waals surface area contributed by atoms with E-state index in [2.05, 4.69) is 21.4 Å². The van der Waals surface area contributed by atoms with E-state index in [0.717, 1.165) is 18.0 Å². The van der Waals surface area contributed by atoms with Crippen molar-refractivity contribution in [3.05, 3.63) is 18.5 Å². The molecule has 0 amide bonds. The lowest BCUT2D eigenvalue weighted by molar-refractivity contribution is 0.441. The summed E-state index contributed by atoms with van der Waals surface area (Å²) in [5.41, 5.74) is -0.413. The van der Waals surface area contributed by atoms with Gasteiger partial charge >= 0.3 is 0 Å². The summed E-state index contributed by atoms with van der Waals surface area (Å²) in [5.74, 6) is 1.19. The number of nitrogens with zero attached hydrogens (tertiary/aromatic N) is 3. The van der Waals surface area contributed by atoms with Gasteiger partial charge in [0.1, 0.15) is 5.54 Å². The topological polar surface area (TPSA) is 61.6 Å². The summed E-state index contributed by atoms with van der Waals surface area (Å²) >= 11 is 1.54. The van der Waals surface area contributed by atoms with Gasteiger partial charge in [-0.25, -0.2) is 9.97 Å². The quantitative estimate of drug-likeness (QED) is 0.617. The molecule has 1 unspecified atom stereocenters. The lowest BCUT2D eigenvalue weighted by Gasteiger charge is -2.24. The molecule has 0 radical (unpaired) electrons. The first-order chi connectivity index (χ1) is 7.80. The molecular formula is C11H14N4S. The Kier molecular flexibility index (Phi) is 3.42. The molecule has 2 rings (SSSR count). The van der Waals surface area contributed by atoms with Gasteiger partial charge in [0.2, 0.25) is 0 Å². The van der Waals surface area contributed by atoms with Gasteiger partial charge in [-0.15, -0.1) is 0 Å². The molecule has 0 aromatic carbocycles. The van der Waals surface area contributed by atoms with Crippen LogP contribution >= 0.6 is 11.8 Å². The lowest BCUT2D eigenvalue weighted by Crippen LogP contribution is -2.46. The van der Waals surface area contributed by atoms with Crippen molar-refractivity contribution >= 4 is 11.8 Å². The van der Waals surface area contributed by atoms with Crippen LogP contribution in [0.5, 0.6) is 0 Å². The summed E-state index contributed by atoms with van der Waals surface area (Å²) in [6, 6.07) is 4.20. The Balaban J connectivity index is 2.00. The van der Waals surface area contributed by atoms with E-state index < -0.39 is 5.54 Å². The van der Waals surface area contributed by atoms with Gasteiger partial charge in [-0.1, -0.05) is 11.8 Å². The maximum absolute atomic E-state index is 9.30. The molecule has 0 aliphatic heterocycles. The van der Waals surface area contributed by atoms with E-state index in [1.165, 1.54) is 11.8 Å². The summed E-state index contributed by atoms with van der Waals surface area (Å²) < 4.78 is 0. The number of hydrogen-bond acceptors (Lipinski definition) is 5. The first kappa shape index (κ1) is 11.4. The van der Waals surface area contributed by atoms with Gasteiger partial charge < -0.3 is 5.32 Å². The summed E-state index contributed by atoms with van der Waals surface area (Å²) in [4.78, 5) is 8.29. The molecule has 4 nitrogen and oxygen atoms in total. The van der Waals surface area contributed by atoms with Crippen molar-refractivity contribution in [1.82, 2.24) is 15.3 Å². The van der Waals surface area contributed by atoms with Crippen molar-refractivity contribution in [1.29, 1.82) is 5.26 Å². The van der Waals surface area contributed by atoms with Gasteiger partial charge in [-0.3, -0.25) is 0 Å². The molecule has 1 aliphatic carbocycles. The molecule has 1 atom stereocenters. The Labute approximate surface area is 99.5 Å². The fourth-order valence-electron chi connectivity index (χ4n) is 1.69. The molecule has 1 N–H and O–H groups in total. The van der Waals surface area contributed by atoms with Gasteiger partial charge in [0.05, 0.1) is 6.07 Å². The first-order valence-corrected chi connectivity index (χ1v) is 6.29. The molecule has 0 spiro atoms. The maximum Gasteiger partial charge on any atom is 0.187 e. The summed E-state index contributed by atoms with van der Waals surface area (Å²) in [7, 11) is 1.86. The van der Waals surface area contributed by atoms with Gasteiger partial charge in [0.25, 0.3) is 0 Å². The Hall–Kier alpha value is -1.12. The van der Waals surface area contributed by atoms with E-state index in [4.69, 9.17) is 0 Å². The average molecular weight is 234 g/mol. The van der Waals surface area contributed by atoms with Crippen molar-refractivity contribution in [2.24, 2.45) is 5.92 Å². The van der Waals surface area contributed by atoms with Crippen LogP contribution in [-0.4, -0.2) is 28.3 Å². The minimum Gasteiger partial charge on any atom is -0.302 e. The van der Waals surface area contributed by atoms with Crippen molar-refractivity contribution < 1.29 is 0 Å². The zero-order valence-corrected chi connectivity index (χ0v) is 10.00. The molecule has 5 heteroatoms. The highest BCUT2D eigenvalue weighted by atomic mass is 32.2. The molecule has 1 aliphatic rings. The van der Waals surface area contributed by atoms with Crippen LogP contribution in [0.4, 0.5) is 0 Å². The molecule has 1 heterocycles. The van der Waals surface area contributed by atoms with Crippen LogP contribution in [0.15, 0.2) is 23.6 Å². The number of thioether (sulfide) groups is 1. The number of nitrogens with one attached hydrogen (secondary N) is 1. The van der Waals surface area contributed by atoms with E-state index in [1.807, 2.05) is 7.05 Å². The molecule has 84 valence electrons. The molecule has 1 saturated carbocycles. The van der Waals surface area contributed by atoms with Crippen molar-refractivity contribution in [3.8, 4) is 6.07 Å². The van der Waals surface area contributed by atoms with Crippen LogP contribution in [0.25, 0.3) is 0 Å². The minimum absolute atomic E-state index is 0.413. The average Bonchev–Trinajstić information content (AvgIpc) is 3.17. The van der Waals surface area contributed by atoms with E-state index in [1.54, 1.807) is 18.5 Å². The van der Waals surface area contributed by atoms with Crippen LogP contribution < -0.4 is 5.32 Å². The molecule has 1 fully saturated rings. The van der Waals surface area contributed by atoms with E-state index in [0.29, 0.717) is 11.7 Å². The predicted molar refractivity (Wildman–Crippen MR) is 62.9 cm³/mol. The van der Waals surface area contributed by atoms with Gasteiger partial charge in [-0.2, -0.15) is 5.26 Å². The van der Waals surface area contributed by atoms with E-state index in [-0.39, 0.29) is 0 Å². The SMILES string of the molecule is CNC(C#N)(CSc1ncccn1)C1CC1. The number of rotatable bonds is 5. The Morgan fingerprint density at radius 2 is 2.25 bits per heavy atom. The third-order valence-electron chi connectivity index (χ3n) is 2.89. The third-order valence-corrected chi connectivity index (χ3v) is 3.96. The van der Waals surface area contributed by atoms with Crippen molar-refractivity contribution in [2.75, 3.05) is 12.8 Å². The van der Waals surface area contributed by atoms with Crippen LogP contribution in [-0.2, 0) is 0 Å². The highest BCUT2D eigenvalue weighted by Gasteiger charge is 2.44. The van der Waals surface area contributed by atoms with Crippen LogP contribution in [0.2, 0.25) is 0 Å². The zero-order valence-electron chi connectivity index (χ0n) is 9.18.